The molecule has 0 spiro atoms. The van der Waals surface area contributed by atoms with Gasteiger partial charge in [0, 0.05) is 0 Å². The minimum absolute atomic E-state index is 0. The number of benzene rings is 1. The molecule has 4 nitrogen and oxygen atoms in total. The molecule has 0 atom stereocenters. The molecule has 2 N–H and O–H groups in total. The molecular formula is C6H7KO4Si. The van der Waals surface area contributed by atoms with E-state index in [0.717, 1.165) is 0 Å². The quantitative estimate of drug-likeness (QED) is 0.486. The van der Waals surface area contributed by atoms with Crippen LogP contribution < -0.4 is 60.6 Å². The summed E-state index contributed by atoms with van der Waals surface area (Å²) < 4.78 is 4.30. The maximum atomic E-state index is 10.3. The fraction of sp³-hybridized carbons (Fsp3) is 0. The molecule has 0 aromatic heterocycles. The minimum Gasteiger partial charge on any atom is -0.783 e. The molecule has 0 unspecified atom stereocenters. The first-order valence-electron chi connectivity index (χ1n) is 2.97. The second-order valence-corrected chi connectivity index (χ2v) is 3.26. The topological polar surface area (TPSA) is 72.8 Å². The van der Waals surface area contributed by atoms with Crippen molar-refractivity contribution >= 4 is 9.05 Å². The maximum absolute atomic E-state index is 10.3. The summed E-state index contributed by atoms with van der Waals surface area (Å²) in [6.07, 6.45) is 0. The monoisotopic (exact) mass is 210 g/mol. The molecular weight excluding hydrogens is 203 g/mol. The molecule has 6 heteroatoms. The van der Waals surface area contributed by atoms with Crippen molar-refractivity contribution in [2.45, 2.75) is 0 Å². The van der Waals surface area contributed by atoms with E-state index in [0.29, 0.717) is 0 Å². The summed E-state index contributed by atoms with van der Waals surface area (Å²) in [5, 5.41) is 0. The Morgan fingerprint density at radius 1 is 1.17 bits per heavy atom. The Balaban J connectivity index is 0.00000121. The molecule has 0 bridgehead atoms. The van der Waals surface area contributed by atoms with Crippen molar-refractivity contribution in [2.24, 2.45) is 0 Å². The third-order valence-corrected chi connectivity index (χ3v) is 1.50. The molecule has 0 heterocycles. The fourth-order valence-electron chi connectivity index (χ4n) is 0.642. The van der Waals surface area contributed by atoms with Crippen LogP contribution in [-0.4, -0.2) is 18.6 Å². The summed E-state index contributed by atoms with van der Waals surface area (Å²) in [6, 6.07) is 7.96. The second-order valence-electron chi connectivity index (χ2n) is 1.96. The van der Waals surface area contributed by atoms with Crippen molar-refractivity contribution < 1.29 is 70.2 Å². The van der Waals surface area contributed by atoms with E-state index in [1.807, 2.05) is 0 Å². The molecule has 0 aliphatic heterocycles. The Labute approximate surface area is 114 Å². The standard InChI is InChI=1S/C6H7O4Si.K/c7-11(8,9)10-6-4-2-1-3-5-6;/h1-5,7-8H;/q-1;+1. The van der Waals surface area contributed by atoms with Gasteiger partial charge in [0.1, 0.15) is 5.75 Å². The van der Waals surface area contributed by atoms with Crippen LogP contribution in [0.25, 0.3) is 0 Å². The largest absolute Gasteiger partial charge is 1.00 e. The van der Waals surface area contributed by atoms with E-state index in [-0.39, 0.29) is 57.1 Å². The molecule has 60 valence electrons. The molecule has 0 fully saturated rings. The van der Waals surface area contributed by atoms with E-state index in [9.17, 15) is 4.80 Å². The summed E-state index contributed by atoms with van der Waals surface area (Å²) in [6.45, 7) is 0. The summed E-state index contributed by atoms with van der Waals surface area (Å²) in [4.78, 5) is 27.1. The van der Waals surface area contributed by atoms with E-state index < -0.39 is 9.05 Å². The zero-order valence-electron chi connectivity index (χ0n) is 6.60. The van der Waals surface area contributed by atoms with Gasteiger partial charge in [-0.05, 0) is 12.1 Å². The maximum Gasteiger partial charge on any atom is 1.00 e. The summed E-state index contributed by atoms with van der Waals surface area (Å²) >= 11 is 0. The van der Waals surface area contributed by atoms with Crippen molar-refractivity contribution in [1.82, 2.24) is 0 Å². The van der Waals surface area contributed by atoms with E-state index in [4.69, 9.17) is 9.59 Å². The van der Waals surface area contributed by atoms with Crippen LogP contribution in [0.1, 0.15) is 0 Å². The Hall–Kier alpha value is 0.753. The van der Waals surface area contributed by atoms with Gasteiger partial charge in [0.15, 0.2) is 0 Å². The molecule has 0 saturated heterocycles. The molecule has 1 aromatic carbocycles. The number of para-hydroxylation sites is 1. The van der Waals surface area contributed by atoms with Gasteiger partial charge in [0.2, 0.25) is 0 Å². The van der Waals surface area contributed by atoms with Gasteiger partial charge in [-0.25, -0.2) is 0 Å². The third kappa shape index (κ3) is 5.41. The van der Waals surface area contributed by atoms with Crippen LogP contribution in [0.15, 0.2) is 30.3 Å². The molecule has 0 radical (unpaired) electrons. The van der Waals surface area contributed by atoms with Gasteiger partial charge in [-0.1, -0.05) is 18.2 Å². The number of hydrogen-bond acceptors (Lipinski definition) is 4. The number of hydrogen-bond donors (Lipinski definition) is 2. The predicted octanol–water partition coefficient (Wildman–Crippen LogP) is -4.15. The van der Waals surface area contributed by atoms with E-state index in [1.54, 1.807) is 18.2 Å². The average Bonchev–Trinajstić information content (AvgIpc) is 1.85. The molecule has 1 aromatic rings. The summed E-state index contributed by atoms with van der Waals surface area (Å²) in [5.41, 5.74) is 0. The van der Waals surface area contributed by atoms with Crippen LogP contribution in [0.4, 0.5) is 0 Å². The van der Waals surface area contributed by atoms with Crippen LogP contribution >= 0.6 is 0 Å². The first kappa shape index (κ1) is 12.8. The van der Waals surface area contributed by atoms with Crippen LogP contribution in [0, 0.1) is 0 Å². The molecule has 0 aliphatic carbocycles. The Kier molecular flexibility index (Phi) is 5.82. The normalized spacial score (nSPS) is 10.2. The van der Waals surface area contributed by atoms with Crippen molar-refractivity contribution in [1.29, 1.82) is 0 Å². The SMILES string of the molecule is [K+].[O-][Si](O)(O)Oc1ccccc1. The van der Waals surface area contributed by atoms with Crippen LogP contribution in [0.5, 0.6) is 5.75 Å². The van der Waals surface area contributed by atoms with Gasteiger partial charge in [0.25, 0.3) is 0 Å². The Morgan fingerprint density at radius 3 is 2.08 bits per heavy atom. The van der Waals surface area contributed by atoms with E-state index in [1.165, 1.54) is 12.1 Å². The van der Waals surface area contributed by atoms with Crippen LogP contribution in [0.2, 0.25) is 0 Å². The zero-order valence-corrected chi connectivity index (χ0v) is 10.7. The van der Waals surface area contributed by atoms with E-state index >= 15 is 0 Å². The van der Waals surface area contributed by atoms with Gasteiger partial charge in [-0.15, -0.1) is 0 Å². The smallest absolute Gasteiger partial charge is 0.783 e. The molecule has 1 rings (SSSR count). The van der Waals surface area contributed by atoms with E-state index in [2.05, 4.69) is 4.43 Å². The Bertz CT molecular complexity index is 223. The van der Waals surface area contributed by atoms with Crippen molar-refractivity contribution in [2.75, 3.05) is 0 Å². The third-order valence-electron chi connectivity index (χ3n) is 0.994. The van der Waals surface area contributed by atoms with Crippen LogP contribution in [0.3, 0.4) is 0 Å². The van der Waals surface area contributed by atoms with Crippen LogP contribution in [-0.2, 0) is 0 Å². The summed E-state index contributed by atoms with van der Waals surface area (Å²) in [7, 11) is -4.65. The van der Waals surface area contributed by atoms with Gasteiger partial charge in [-0.3, -0.25) is 0 Å². The Morgan fingerprint density at radius 2 is 1.67 bits per heavy atom. The van der Waals surface area contributed by atoms with Crippen molar-refractivity contribution in [3.8, 4) is 5.75 Å². The predicted molar refractivity (Wildman–Crippen MR) is 37.3 cm³/mol. The molecule has 0 aliphatic rings. The first-order valence-corrected chi connectivity index (χ1v) is 4.68. The minimum atomic E-state index is -4.65. The van der Waals surface area contributed by atoms with Gasteiger partial charge in [-0.2, -0.15) is 0 Å². The average molecular weight is 210 g/mol. The first-order chi connectivity index (χ1) is 5.08. The van der Waals surface area contributed by atoms with Gasteiger partial charge in [0.05, 0.1) is 0 Å². The van der Waals surface area contributed by atoms with Crippen molar-refractivity contribution in [3.05, 3.63) is 30.3 Å². The zero-order chi connectivity index (χ0) is 8.32. The summed E-state index contributed by atoms with van der Waals surface area (Å²) in [5.74, 6) is 0.180. The molecule has 12 heavy (non-hydrogen) atoms. The number of rotatable bonds is 2. The fourth-order valence-corrected chi connectivity index (χ4v) is 1.09. The van der Waals surface area contributed by atoms with Gasteiger partial charge < -0.3 is 18.8 Å². The molecule has 0 amide bonds. The molecule has 0 saturated carbocycles. The van der Waals surface area contributed by atoms with Crippen molar-refractivity contribution in [3.63, 3.8) is 0 Å². The second kappa shape index (κ2) is 5.48. The van der Waals surface area contributed by atoms with Gasteiger partial charge >= 0.3 is 60.4 Å².